The van der Waals surface area contributed by atoms with Gasteiger partial charge in [0.05, 0.1) is 25.4 Å². The Kier molecular flexibility index (Phi) is 48.7. The Morgan fingerprint density at radius 3 is 1.30 bits per heavy atom. The van der Waals surface area contributed by atoms with Crippen LogP contribution in [0.2, 0.25) is 0 Å². The molecule has 9 nitrogen and oxygen atoms in total. The summed E-state index contributed by atoms with van der Waals surface area (Å²) >= 11 is 0. The van der Waals surface area contributed by atoms with Crippen LogP contribution in [0.15, 0.2) is 134 Å². The summed E-state index contributed by atoms with van der Waals surface area (Å²) in [6.45, 7) is 3.62. The number of hydrogen-bond donors (Lipinski definition) is 6. The van der Waals surface area contributed by atoms with Crippen LogP contribution in [0.4, 0.5) is 0 Å². The van der Waals surface area contributed by atoms with E-state index in [1.165, 1.54) is 64.2 Å². The van der Waals surface area contributed by atoms with Crippen molar-refractivity contribution in [3.8, 4) is 0 Å². The van der Waals surface area contributed by atoms with Crippen molar-refractivity contribution in [3.63, 3.8) is 0 Å². The molecule has 0 aromatic heterocycles. The van der Waals surface area contributed by atoms with Crippen LogP contribution in [0, 0.1) is 0 Å². The van der Waals surface area contributed by atoms with Crippen molar-refractivity contribution >= 4 is 5.91 Å². The predicted molar refractivity (Wildman–Crippen MR) is 313 cm³/mol. The molecule has 0 aromatic rings. The molecule has 1 rings (SSSR count). The second-order valence-corrected chi connectivity index (χ2v) is 19.7. The number of unbranched alkanes of at least 4 members (excludes halogenated alkanes) is 18. The van der Waals surface area contributed by atoms with Crippen molar-refractivity contribution < 1.29 is 39.8 Å². The number of aliphatic hydroxyl groups excluding tert-OH is 5. The van der Waals surface area contributed by atoms with Crippen molar-refractivity contribution in [2.24, 2.45) is 0 Å². The van der Waals surface area contributed by atoms with Gasteiger partial charge in [-0.1, -0.05) is 231 Å². The fourth-order valence-electron chi connectivity index (χ4n) is 8.32. The third-order valence-corrected chi connectivity index (χ3v) is 12.9. The van der Waals surface area contributed by atoms with Gasteiger partial charge in [0.25, 0.3) is 0 Å². The van der Waals surface area contributed by atoms with Crippen LogP contribution in [0.5, 0.6) is 0 Å². The molecule has 1 heterocycles. The molecule has 0 aliphatic carbocycles. The molecule has 1 fully saturated rings. The maximum absolute atomic E-state index is 13.1. The number of rotatable bonds is 48. The van der Waals surface area contributed by atoms with Crippen LogP contribution in [-0.4, -0.2) is 87.5 Å². The highest BCUT2D eigenvalue weighted by Gasteiger charge is 2.44. The zero-order chi connectivity index (χ0) is 53.6. The van der Waals surface area contributed by atoms with E-state index in [-0.39, 0.29) is 12.5 Å². The summed E-state index contributed by atoms with van der Waals surface area (Å²) in [5, 5.41) is 54.5. The topological polar surface area (TPSA) is 149 Å². The summed E-state index contributed by atoms with van der Waals surface area (Å²) in [4.78, 5) is 13.1. The number of aliphatic hydroxyl groups is 5. The molecule has 420 valence electrons. The highest BCUT2D eigenvalue weighted by atomic mass is 16.7. The first-order chi connectivity index (χ1) is 36.3. The molecule has 7 atom stereocenters. The number of carbonyl (C=O) groups excluding carboxylic acids is 1. The van der Waals surface area contributed by atoms with E-state index in [4.69, 9.17) is 9.47 Å². The van der Waals surface area contributed by atoms with E-state index >= 15 is 0 Å². The van der Waals surface area contributed by atoms with Gasteiger partial charge >= 0.3 is 0 Å². The smallest absolute Gasteiger partial charge is 0.220 e. The first kappa shape index (κ1) is 68.3. The van der Waals surface area contributed by atoms with Gasteiger partial charge in [0, 0.05) is 6.42 Å². The fraction of sp³-hybridized carbons (Fsp3) is 0.646. The second-order valence-electron chi connectivity index (χ2n) is 19.7. The third kappa shape index (κ3) is 41.6. The Bertz CT molecular complexity index is 1620. The molecule has 1 aliphatic heterocycles. The number of amides is 1. The van der Waals surface area contributed by atoms with Gasteiger partial charge in [-0.3, -0.25) is 4.79 Å². The molecule has 0 radical (unpaired) electrons. The molecular formula is C65H107NO8. The zero-order valence-corrected chi connectivity index (χ0v) is 46.5. The zero-order valence-electron chi connectivity index (χ0n) is 46.5. The molecule has 0 bridgehead atoms. The van der Waals surface area contributed by atoms with Gasteiger partial charge < -0.3 is 40.3 Å². The van der Waals surface area contributed by atoms with Gasteiger partial charge in [-0.15, -0.1) is 0 Å². The number of hydrogen-bond acceptors (Lipinski definition) is 8. The summed E-state index contributed by atoms with van der Waals surface area (Å²) < 4.78 is 11.2. The lowest BCUT2D eigenvalue weighted by atomic mass is 9.99. The molecule has 1 amide bonds. The lowest BCUT2D eigenvalue weighted by Crippen LogP contribution is -2.60. The summed E-state index contributed by atoms with van der Waals surface area (Å²) in [6, 6.07) is -0.847. The Morgan fingerprint density at radius 2 is 0.851 bits per heavy atom. The minimum atomic E-state index is -1.59. The van der Waals surface area contributed by atoms with Crippen molar-refractivity contribution in [3.05, 3.63) is 134 Å². The Balaban J connectivity index is 2.28. The molecule has 0 aromatic carbocycles. The number of carbonyl (C=O) groups is 1. The van der Waals surface area contributed by atoms with Crippen LogP contribution in [0.1, 0.15) is 213 Å². The lowest BCUT2D eigenvalue weighted by molar-refractivity contribution is -0.302. The standard InChI is InChI=1S/C65H107NO8/c1-3-5-7-9-11-13-15-17-19-21-23-25-26-27-28-29-30-31-32-33-34-35-37-39-41-43-45-47-49-51-53-55-61(69)66-58(57-73-65-64(72)63(71)62(70)60(56-67)74-65)59(68)54-52-50-48-46-44-42-40-38-36-24-22-20-18-16-14-12-10-8-6-4-2/h5,7,11,13,17,19,23,25,27-28,30-31,33-34,36-39,44,46,52,54,58-60,62-65,67-68,70-72H,3-4,6,8-10,12,14-16,18,20-22,24,26,29,32,35,40-43,45,47-51,53,55-57H2,1-2H3,(H,66,69)/b7-5-,13-11-,19-17-,25-23-,28-27-,31-30-,34-33-,38-36+,39-37-,46-44+,54-52+. The van der Waals surface area contributed by atoms with Crippen LogP contribution in [0.25, 0.3) is 0 Å². The van der Waals surface area contributed by atoms with Crippen LogP contribution in [-0.2, 0) is 14.3 Å². The normalized spacial score (nSPS) is 20.0. The largest absolute Gasteiger partial charge is 0.394 e. The Morgan fingerprint density at radius 1 is 0.473 bits per heavy atom. The van der Waals surface area contributed by atoms with Gasteiger partial charge in [0.1, 0.15) is 24.4 Å². The molecule has 7 unspecified atom stereocenters. The van der Waals surface area contributed by atoms with Crippen molar-refractivity contribution in [2.75, 3.05) is 13.2 Å². The summed E-state index contributed by atoms with van der Waals surface area (Å²) in [7, 11) is 0. The van der Waals surface area contributed by atoms with Crippen molar-refractivity contribution in [2.45, 2.75) is 256 Å². The first-order valence-corrected chi connectivity index (χ1v) is 29.4. The minimum Gasteiger partial charge on any atom is -0.394 e. The highest BCUT2D eigenvalue weighted by Crippen LogP contribution is 2.23. The number of ether oxygens (including phenoxy) is 2. The molecular weight excluding hydrogens is 923 g/mol. The van der Waals surface area contributed by atoms with Gasteiger partial charge in [0.2, 0.25) is 5.91 Å². The van der Waals surface area contributed by atoms with Crippen LogP contribution < -0.4 is 5.32 Å². The van der Waals surface area contributed by atoms with Gasteiger partial charge in [-0.2, -0.15) is 0 Å². The van der Waals surface area contributed by atoms with Gasteiger partial charge in [-0.05, 0) is 109 Å². The van der Waals surface area contributed by atoms with Crippen molar-refractivity contribution in [1.29, 1.82) is 0 Å². The third-order valence-electron chi connectivity index (χ3n) is 12.9. The van der Waals surface area contributed by atoms with Crippen LogP contribution >= 0.6 is 0 Å². The van der Waals surface area contributed by atoms with Gasteiger partial charge in [0.15, 0.2) is 6.29 Å². The predicted octanol–water partition coefficient (Wildman–Crippen LogP) is 14.9. The SMILES string of the molecule is CC/C=C\C/C=C\C/C=C\C/C=C\C/C=C\C/C=C\C/C=C\C/C=C\CCCCCCCCC(=O)NC(COC1OC(CO)C(O)C(O)C1O)C(O)/C=C/CC/C=C/CC/C=C/CCCCCCCCCCCC. The fourth-order valence-corrected chi connectivity index (χ4v) is 8.32. The Hall–Kier alpha value is -3.67. The van der Waals surface area contributed by atoms with Gasteiger partial charge in [-0.25, -0.2) is 0 Å². The van der Waals surface area contributed by atoms with E-state index in [1.54, 1.807) is 6.08 Å². The van der Waals surface area contributed by atoms with E-state index in [2.05, 4.69) is 141 Å². The summed E-state index contributed by atoms with van der Waals surface area (Å²) in [5.74, 6) is -0.211. The number of allylic oxidation sites excluding steroid dienone is 21. The van der Waals surface area contributed by atoms with E-state index in [0.29, 0.717) is 6.42 Å². The summed E-state index contributed by atoms with van der Waals surface area (Å²) in [5.41, 5.74) is 0. The highest BCUT2D eigenvalue weighted by molar-refractivity contribution is 5.76. The van der Waals surface area contributed by atoms with E-state index < -0.39 is 49.5 Å². The average molecular weight is 1030 g/mol. The maximum atomic E-state index is 13.1. The quantitative estimate of drug-likeness (QED) is 0.0261. The molecule has 1 saturated heterocycles. The maximum Gasteiger partial charge on any atom is 0.220 e. The molecule has 9 heteroatoms. The lowest BCUT2D eigenvalue weighted by Gasteiger charge is -2.40. The first-order valence-electron chi connectivity index (χ1n) is 29.4. The molecule has 6 N–H and O–H groups in total. The van der Waals surface area contributed by atoms with Crippen molar-refractivity contribution in [1.82, 2.24) is 5.32 Å². The number of nitrogens with one attached hydrogen (secondary N) is 1. The van der Waals surface area contributed by atoms with Crippen LogP contribution in [0.3, 0.4) is 0 Å². The average Bonchev–Trinajstić information content (AvgIpc) is 3.40. The molecule has 0 spiro atoms. The second kappa shape index (κ2) is 52.8. The molecule has 0 saturated carbocycles. The summed E-state index contributed by atoms with van der Waals surface area (Å²) in [6.07, 6.45) is 73.6. The van der Waals surface area contributed by atoms with E-state index in [1.807, 2.05) is 6.08 Å². The minimum absolute atomic E-state index is 0.211. The van der Waals surface area contributed by atoms with E-state index in [0.717, 1.165) is 128 Å². The monoisotopic (exact) mass is 1030 g/mol. The molecule has 74 heavy (non-hydrogen) atoms. The Labute approximate surface area is 451 Å². The molecule has 1 aliphatic rings. The van der Waals surface area contributed by atoms with E-state index in [9.17, 15) is 30.3 Å².